The molecule has 0 radical (unpaired) electrons. The summed E-state index contributed by atoms with van der Waals surface area (Å²) in [7, 11) is 0. The van der Waals surface area contributed by atoms with E-state index in [-0.39, 0.29) is 18.3 Å². The van der Waals surface area contributed by atoms with E-state index in [2.05, 4.69) is 27.6 Å². The van der Waals surface area contributed by atoms with Crippen LogP contribution >= 0.6 is 0 Å². The molecule has 2 rings (SSSR count). The molecule has 2 heterocycles. The summed E-state index contributed by atoms with van der Waals surface area (Å²) < 4.78 is 6.83. The summed E-state index contributed by atoms with van der Waals surface area (Å²) in [5, 5.41) is 23.6. The number of amides is 1. The molecule has 0 aliphatic rings. The predicted molar refractivity (Wildman–Crippen MR) is 73.4 cm³/mol. The van der Waals surface area contributed by atoms with Gasteiger partial charge in [-0.1, -0.05) is 12.1 Å². The van der Waals surface area contributed by atoms with E-state index < -0.39 is 5.91 Å². The molecular formula is C13H19N5O3. The molecule has 1 amide bonds. The normalized spacial score (nSPS) is 12.4. The van der Waals surface area contributed by atoms with Crippen molar-refractivity contribution in [3.05, 3.63) is 29.2 Å². The van der Waals surface area contributed by atoms with E-state index >= 15 is 0 Å². The van der Waals surface area contributed by atoms with Gasteiger partial charge in [0, 0.05) is 6.54 Å². The summed E-state index contributed by atoms with van der Waals surface area (Å²) in [4.78, 5) is 12.2. The fourth-order valence-electron chi connectivity index (χ4n) is 2.10. The summed E-state index contributed by atoms with van der Waals surface area (Å²) in [6, 6.07) is -0.324. The van der Waals surface area contributed by atoms with E-state index in [1.807, 2.05) is 11.5 Å². The lowest BCUT2D eigenvalue weighted by molar-refractivity contribution is 0.0925. The van der Waals surface area contributed by atoms with Crippen LogP contribution in [0.1, 0.15) is 53.9 Å². The number of rotatable bonds is 6. The second-order valence-corrected chi connectivity index (χ2v) is 4.80. The first kappa shape index (κ1) is 15.2. The SMILES string of the molecule is CCCn1cnnc1[C@H](C)NC(=O)c1noc(C)c1CO. The fourth-order valence-corrected chi connectivity index (χ4v) is 2.10. The van der Waals surface area contributed by atoms with Crippen molar-refractivity contribution in [2.24, 2.45) is 0 Å². The Balaban J connectivity index is 2.13. The van der Waals surface area contributed by atoms with Crippen molar-refractivity contribution in [2.75, 3.05) is 0 Å². The molecular weight excluding hydrogens is 274 g/mol. The lowest BCUT2D eigenvalue weighted by Crippen LogP contribution is -2.29. The van der Waals surface area contributed by atoms with Crippen molar-refractivity contribution < 1.29 is 14.4 Å². The largest absolute Gasteiger partial charge is 0.391 e. The van der Waals surface area contributed by atoms with Crippen LogP contribution in [0.3, 0.4) is 0 Å². The van der Waals surface area contributed by atoms with Crippen LogP contribution in [0, 0.1) is 6.92 Å². The van der Waals surface area contributed by atoms with Crippen LogP contribution in [0.5, 0.6) is 0 Å². The van der Waals surface area contributed by atoms with Crippen LogP contribution in [0.15, 0.2) is 10.9 Å². The molecule has 0 unspecified atom stereocenters. The van der Waals surface area contributed by atoms with Crippen LogP contribution < -0.4 is 5.32 Å². The molecule has 2 N–H and O–H groups in total. The molecule has 0 aliphatic heterocycles. The minimum absolute atomic E-state index is 0.100. The van der Waals surface area contributed by atoms with E-state index in [1.54, 1.807) is 13.3 Å². The maximum absolute atomic E-state index is 12.2. The number of carbonyl (C=O) groups is 1. The Morgan fingerprint density at radius 3 is 3.00 bits per heavy atom. The summed E-state index contributed by atoms with van der Waals surface area (Å²) in [5.74, 6) is 0.704. The first-order valence-corrected chi connectivity index (χ1v) is 6.83. The van der Waals surface area contributed by atoms with Crippen molar-refractivity contribution in [2.45, 2.75) is 46.4 Å². The highest BCUT2D eigenvalue weighted by molar-refractivity contribution is 5.93. The Morgan fingerprint density at radius 2 is 2.33 bits per heavy atom. The summed E-state index contributed by atoms with van der Waals surface area (Å²) in [5.41, 5.74) is 0.498. The van der Waals surface area contributed by atoms with E-state index in [1.165, 1.54) is 0 Å². The number of hydrogen-bond acceptors (Lipinski definition) is 6. The van der Waals surface area contributed by atoms with Crippen LogP contribution in [0.4, 0.5) is 0 Å². The van der Waals surface area contributed by atoms with Crippen LogP contribution in [0.2, 0.25) is 0 Å². The average Bonchev–Trinajstić information content (AvgIpc) is 3.05. The Bertz CT molecular complexity index is 619. The molecule has 21 heavy (non-hydrogen) atoms. The third-order valence-corrected chi connectivity index (χ3v) is 3.20. The van der Waals surface area contributed by atoms with Gasteiger partial charge < -0.3 is 19.5 Å². The maximum atomic E-state index is 12.2. The number of aliphatic hydroxyl groups is 1. The number of aryl methyl sites for hydroxylation is 2. The second-order valence-electron chi connectivity index (χ2n) is 4.80. The highest BCUT2D eigenvalue weighted by Gasteiger charge is 2.22. The molecule has 2 aromatic heterocycles. The first-order valence-electron chi connectivity index (χ1n) is 6.83. The van der Waals surface area contributed by atoms with Gasteiger partial charge in [0.25, 0.3) is 5.91 Å². The average molecular weight is 293 g/mol. The summed E-state index contributed by atoms with van der Waals surface area (Å²) in [6.07, 6.45) is 2.59. The second kappa shape index (κ2) is 6.49. The van der Waals surface area contributed by atoms with Gasteiger partial charge in [-0.2, -0.15) is 0 Å². The highest BCUT2D eigenvalue weighted by atomic mass is 16.5. The molecule has 0 spiro atoms. The molecule has 0 aliphatic carbocycles. The Hall–Kier alpha value is -2.22. The third-order valence-electron chi connectivity index (χ3n) is 3.20. The van der Waals surface area contributed by atoms with Crippen molar-refractivity contribution >= 4 is 5.91 Å². The standard InChI is InChI=1S/C13H19N5O3/c1-4-5-18-7-14-16-12(18)8(2)15-13(20)11-10(6-19)9(3)21-17-11/h7-8,19H,4-6H2,1-3H3,(H,15,20)/t8-/m0/s1. The summed E-state index contributed by atoms with van der Waals surface area (Å²) in [6.45, 7) is 6.01. The van der Waals surface area contributed by atoms with Gasteiger partial charge in [-0.05, 0) is 20.3 Å². The number of carbonyl (C=O) groups excluding carboxylic acids is 1. The molecule has 0 saturated carbocycles. The van der Waals surface area contributed by atoms with Crippen molar-refractivity contribution in [3.63, 3.8) is 0 Å². The van der Waals surface area contributed by atoms with E-state index in [0.29, 0.717) is 17.1 Å². The number of hydrogen-bond donors (Lipinski definition) is 2. The zero-order valence-corrected chi connectivity index (χ0v) is 12.3. The summed E-state index contributed by atoms with van der Waals surface area (Å²) >= 11 is 0. The molecule has 0 bridgehead atoms. The molecule has 0 saturated heterocycles. The molecule has 8 nitrogen and oxygen atoms in total. The monoisotopic (exact) mass is 293 g/mol. The fraction of sp³-hybridized carbons (Fsp3) is 0.538. The van der Waals surface area contributed by atoms with Gasteiger partial charge in [-0.3, -0.25) is 4.79 Å². The van der Waals surface area contributed by atoms with Gasteiger partial charge in [-0.25, -0.2) is 0 Å². The predicted octanol–water partition coefficient (Wildman–Crippen LogP) is 0.968. The first-order chi connectivity index (χ1) is 10.1. The zero-order chi connectivity index (χ0) is 15.4. The quantitative estimate of drug-likeness (QED) is 0.822. The van der Waals surface area contributed by atoms with E-state index in [0.717, 1.165) is 13.0 Å². The molecule has 1 atom stereocenters. The van der Waals surface area contributed by atoms with Gasteiger partial charge in [0.1, 0.15) is 12.1 Å². The van der Waals surface area contributed by atoms with Crippen molar-refractivity contribution in [1.29, 1.82) is 0 Å². The molecule has 0 aromatic carbocycles. The lowest BCUT2D eigenvalue weighted by atomic mass is 10.2. The smallest absolute Gasteiger partial charge is 0.274 e. The van der Waals surface area contributed by atoms with Crippen molar-refractivity contribution in [1.82, 2.24) is 25.2 Å². The van der Waals surface area contributed by atoms with Crippen LogP contribution in [0.25, 0.3) is 0 Å². The number of nitrogens with zero attached hydrogens (tertiary/aromatic N) is 4. The topological polar surface area (TPSA) is 106 Å². The number of aromatic nitrogens is 4. The van der Waals surface area contributed by atoms with Gasteiger partial charge >= 0.3 is 0 Å². The molecule has 2 aromatic rings. The number of aliphatic hydroxyl groups excluding tert-OH is 1. The van der Waals surface area contributed by atoms with Gasteiger partial charge in [-0.15, -0.1) is 10.2 Å². The Morgan fingerprint density at radius 1 is 1.57 bits per heavy atom. The zero-order valence-electron chi connectivity index (χ0n) is 12.3. The molecule has 114 valence electrons. The van der Waals surface area contributed by atoms with Gasteiger partial charge in [0.2, 0.25) is 0 Å². The Labute approximate surface area is 122 Å². The van der Waals surface area contributed by atoms with E-state index in [9.17, 15) is 9.90 Å². The van der Waals surface area contributed by atoms with Gasteiger partial charge in [0.15, 0.2) is 11.5 Å². The van der Waals surface area contributed by atoms with Gasteiger partial charge in [0.05, 0.1) is 18.2 Å². The van der Waals surface area contributed by atoms with Crippen LogP contribution in [-0.2, 0) is 13.2 Å². The lowest BCUT2D eigenvalue weighted by Gasteiger charge is -2.13. The minimum Gasteiger partial charge on any atom is -0.391 e. The minimum atomic E-state index is -0.408. The molecule has 0 fully saturated rings. The van der Waals surface area contributed by atoms with Crippen molar-refractivity contribution in [3.8, 4) is 0 Å². The third kappa shape index (κ3) is 3.10. The molecule has 8 heteroatoms. The highest BCUT2D eigenvalue weighted by Crippen LogP contribution is 2.15. The Kier molecular flexibility index (Phi) is 4.69. The maximum Gasteiger partial charge on any atom is 0.274 e. The van der Waals surface area contributed by atoms with Crippen LogP contribution in [-0.4, -0.2) is 30.9 Å². The van der Waals surface area contributed by atoms with E-state index in [4.69, 9.17) is 4.52 Å². The number of nitrogens with one attached hydrogen (secondary N) is 1.